The minimum absolute atomic E-state index is 0.0355. The first-order chi connectivity index (χ1) is 18.9. The Kier molecular flexibility index (Phi) is 8.61. The predicted molar refractivity (Wildman–Crippen MR) is 155 cm³/mol. The summed E-state index contributed by atoms with van der Waals surface area (Å²) in [6.45, 7) is 15.7. The number of carbonyl (C=O) groups excluding carboxylic acids is 1. The average molecular weight is 548 g/mol. The number of hydrogen-bond donors (Lipinski definition) is 3. The van der Waals surface area contributed by atoms with Crippen molar-refractivity contribution in [1.82, 2.24) is 35.3 Å². The Balaban J connectivity index is 1.40. The van der Waals surface area contributed by atoms with E-state index < -0.39 is 5.82 Å². The number of aryl methyl sites for hydroxylation is 2. The Hall–Kier alpha value is -4.15. The lowest BCUT2D eigenvalue weighted by molar-refractivity contribution is -0.128. The molecule has 11 heteroatoms. The largest absolute Gasteiger partial charge is 0.350 e. The first kappa shape index (κ1) is 28.8. The van der Waals surface area contributed by atoms with Gasteiger partial charge in [0.2, 0.25) is 5.91 Å². The smallest absolute Gasteiger partial charge is 0.223 e. The van der Waals surface area contributed by atoms with E-state index in [4.69, 9.17) is 9.97 Å². The van der Waals surface area contributed by atoms with Crippen molar-refractivity contribution < 1.29 is 9.18 Å². The summed E-state index contributed by atoms with van der Waals surface area (Å²) in [7, 11) is 0. The third kappa shape index (κ3) is 6.88. The van der Waals surface area contributed by atoms with Crippen molar-refractivity contribution in [1.29, 1.82) is 0 Å². The molecule has 3 aromatic rings. The molecule has 1 fully saturated rings. The Labute approximate surface area is 234 Å². The van der Waals surface area contributed by atoms with Gasteiger partial charge in [0.05, 0.1) is 12.4 Å². The van der Waals surface area contributed by atoms with E-state index in [1.807, 2.05) is 45.9 Å². The number of halogens is 1. The predicted octanol–water partition coefficient (Wildman–Crippen LogP) is 5.46. The number of nitrogens with zero attached hydrogens (tertiary/aromatic N) is 6. The summed E-state index contributed by atoms with van der Waals surface area (Å²) in [5, 5.41) is 17.5. The maximum absolute atomic E-state index is 13.3. The minimum atomic E-state index is -0.455. The molecular weight excluding hydrogens is 509 g/mol. The standard InChI is InChI=1S/C29H38FN9O/c1-17(8-11-26(31-7)39-16-22(30)15-32-39)20(4)34-28(40)21-9-10-23(29(5,6)14-21)27-33-18(2)12-24(36-27)35-25-13-19(3)37-38-25/h8,11-13,15-16,20-21,23H,7,9-10,14H2,1-6H3,(H,34,40)(H2,33,35,36,37,38)/b17-8+,26-11+/t20-,21+,23-/m0/s1. The van der Waals surface area contributed by atoms with E-state index >= 15 is 0 Å². The fourth-order valence-electron chi connectivity index (χ4n) is 5.19. The molecule has 1 saturated carbocycles. The van der Waals surface area contributed by atoms with Crippen LogP contribution in [0.5, 0.6) is 0 Å². The Bertz CT molecular complexity index is 1430. The van der Waals surface area contributed by atoms with Crippen LogP contribution in [0, 0.1) is 31.0 Å². The summed E-state index contributed by atoms with van der Waals surface area (Å²) in [4.78, 5) is 26.8. The maximum atomic E-state index is 13.3. The summed E-state index contributed by atoms with van der Waals surface area (Å²) in [6, 6.07) is 3.65. The topological polar surface area (TPSA) is 126 Å². The minimum Gasteiger partial charge on any atom is -0.350 e. The zero-order valence-corrected chi connectivity index (χ0v) is 24.0. The zero-order chi connectivity index (χ0) is 29.0. The van der Waals surface area contributed by atoms with Crippen molar-refractivity contribution in [2.45, 2.75) is 72.8 Å². The van der Waals surface area contributed by atoms with Crippen LogP contribution in [0.3, 0.4) is 0 Å². The number of aromatic amines is 1. The van der Waals surface area contributed by atoms with Gasteiger partial charge in [-0.3, -0.25) is 9.89 Å². The van der Waals surface area contributed by atoms with Gasteiger partial charge in [-0.25, -0.2) is 24.0 Å². The molecule has 40 heavy (non-hydrogen) atoms. The van der Waals surface area contributed by atoms with Crippen molar-refractivity contribution in [2.75, 3.05) is 5.32 Å². The van der Waals surface area contributed by atoms with Crippen LogP contribution in [0.25, 0.3) is 5.82 Å². The van der Waals surface area contributed by atoms with E-state index in [-0.39, 0.29) is 29.2 Å². The van der Waals surface area contributed by atoms with E-state index in [1.165, 1.54) is 10.9 Å². The molecular formula is C29H38FN9O. The molecule has 10 nitrogen and oxygen atoms in total. The second-order valence-corrected chi connectivity index (χ2v) is 11.3. The molecule has 0 saturated heterocycles. The number of hydrogen-bond acceptors (Lipinski definition) is 7. The van der Waals surface area contributed by atoms with E-state index in [0.29, 0.717) is 17.5 Å². The highest BCUT2D eigenvalue weighted by Crippen LogP contribution is 2.48. The molecule has 3 heterocycles. The van der Waals surface area contributed by atoms with Crippen molar-refractivity contribution in [3.63, 3.8) is 0 Å². The number of H-pyrrole nitrogens is 1. The third-order valence-electron chi connectivity index (χ3n) is 7.52. The number of rotatable bonds is 9. The molecule has 4 rings (SSSR count). The Morgan fingerprint density at radius 2 is 2.02 bits per heavy atom. The highest BCUT2D eigenvalue weighted by Gasteiger charge is 2.41. The van der Waals surface area contributed by atoms with Crippen molar-refractivity contribution >= 4 is 30.1 Å². The monoisotopic (exact) mass is 547 g/mol. The highest BCUT2D eigenvalue weighted by atomic mass is 19.1. The molecule has 0 spiro atoms. The molecule has 0 bridgehead atoms. The van der Waals surface area contributed by atoms with Gasteiger partial charge >= 0.3 is 0 Å². The van der Waals surface area contributed by atoms with E-state index in [9.17, 15) is 9.18 Å². The van der Waals surface area contributed by atoms with Crippen LogP contribution in [0.1, 0.15) is 70.1 Å². The molecule has 0 unspecified atom stereocenters. The third-order valence-corrected chi connectivity index (χ3v) is 7.52. The van der Waals surface area contributed by atoms with Crippen LogP contribution in [-0.4, -0.2) is 48.6 Å². The molecule has 3 atom stereocenters. The fraction of sp³-hybridized carbons (Fsp3) is 0.448. The number of aromatic nitrogens is 6. The average Bonchev–Trinajstić information content (AvgIpc) is 3.50. The highest BCUT2D eigenvalue weighted by molar-refractivity contribution is 5.79. The van der Waals surface area contributed by atoms with Gasteiger partial charge in [0, 0.05) is 41.4 Å². The summed E-state index contributed by atoms with van der Waals surface area (Å²) in [6.07, 6.45) is 8.17. The van der Waals surface area contributed by atoms with Gasteiger partial charge in [-0.2, -0.15) is 10.2 Å². The van der Waals surface area contributed by atoms with Crippen LogP contribution in [-0.2, 0) is 4.79 Å². The molecule has 0 aliphatic heterocycles. The number of amides is 1. The van der Waals surface area contributed by atoms with Gasteiger partial charge in [-0.1, -0.05) is 25.5 Å². The van der Waals surface area contributed by atoms with Crippen LogP contribution in [0.4, 0.5) is 16.0 Å². The molecule has 1 aliphatic rings. The first-order valence-corrected chi connectivity index (χ1v) is 13.5. The molecule has 1 amide bonds. The van der Waals surface area contributed by atoms with Gasteiger partial charge in [-0.15, -0.1) is 0 Å². The number of nitrogens with one attached hydrogen (secondary N) is 3. The lowest BCUT2D eigenvalue weighted by atomic mass is 9.64. The number of allylic oxidation sites excluding steroid dienone is 2. The van der Waals surface area contributed by atoms with E-state index in [2.05, 4.69) is 51.5 Å². The van der Waals surface area contributed by atoms with Crippen LogP contribution >= 0.6 is 0 Å². The van der Waals surface area contributed by atoms with Gasteiger partial charge in [0.1, 0.15) is 11.6 Å². The van der Waals surface area contributed by atoms with Crippen molar-refractivity contribution in [3.05, 3.63) is 65.3 Å². The number of anilines is 2. The number of aliphatic imine (C=N–C) groups is 1. The molecule has 3 N–H and O–H groups in total. The lowest BCUT2D eigenvalue weighted by Crippen LogP contribution is -2.42. The SMILES string of the molecule is C=N/C(=C\C=C(/C)[C@H](C)NC(=O)[C@@H]1CC[C@@H](c2nc(C)cc(Nc3cc(C)[nH]n3)n2)C(C)(C)C1)n1cc(F)cn1. The molecule has 0 aromatic carbocycles. The molecule has 1 aliphatic carbocycles. The molecule has 0 radical (unpaired) electrons. The van der Waals surface area contributed by atoms with Gasteiger partial charge < -0.3 is 10.6 Å². The molecule has 212 valence electrons. The second kappa shape index (κ2) is 11.9. The van der Waals surface area contributed by atoms with E-state index in [0.717, 1.165) is 48.2 Å². The summed E-state index contributed by atoms with van der Waals surface area (Å²) >= 11 is 0. The first-order valence-electron chi connectivity index (χ1n) is 13.5. The normalized spacial score (nSPS) is 20.2. The van der Waals surface area contributed by atoms with Crippen LogP contribution in [0.2, 0.25) is 0 Å². The van der Waals surface area contributed by atoms with Gasteiger partial charge in [0.15, 0.2) is 17.5 Å². The maximum Gasteiger partial charge on any atom is 0.223 e. The van der Waals surface area contributed by atoms with Crippen molar-refractivity contribution in [2.24, 2.45) is 16.3 Å². The van der Waals surface area contributed by atoms with E-state index in [1.54, 1.807) is 6.08 Å². The fourth-order valence-corrected chi connectivity index (χ4v) is 5.19. The van der Waals surface area contributed by atoms with Crippen LogP contribution in [0.15, 0.2) is 47.2 Å². The quantitative estimate of drug-likeness (QED) is 0.241. The zero-order valence-electron chi connectivity index (χ0n) is 24.0. The summed E-state index contributed by atoms with van der Waals surface area (Å²) < 4.78 is 14.6. The van der Waals surface area contributed by atoms with Gasteiger partial charge in [-0.05, 0) is 65.2 Å². The van der Waals surface area contributed by atoms with Gasteiger partial charge in [0.25, 0.3) is 0 Å². The second-order valence-electron chi connectivity index (χ2n) is 11.3. The Morgan fingerprint density at radius 3 is 2.65 bits per heavy atom. The number of carbonyl (C=O) groups is 1. The van der Waals surface area contributed by atoms with Crippen molar-refractivity contribution in [3.8, 4) is 0 Å². The molecule has 3 aromatic heterocycles. The van der Waals surface area contributed by atoms with Crippen LogP contribution < -0.4 is 10.6 Å². The Morgan fingerprint density at radius 1 is 1.25 bits per heavy atom. The summed E-state index contributed by atoms with van der Waals surface area (Å²) in [5.74, 6) is 2.20. The summed E-state index contributed by atoms with van der Waals surface area (Å²) in [5.41, 5.74) is 2.60. The lowest BCUT2D eigenvalue weighted by Gasteiger charge is -2.41.